The van der Waals surface area contributed by atoms with Crippen LogP contribution in [0.1, 0.15) is 39.5 Å². The lowest BCUT2D eigenvalue weighted by Crippen LogP contribution is -2.50. The molecule has 0 fully saturated rings. The minimum atomic E-state index is -1.32. The molecule has 2 aliphatic carbocycles. The Balaban J connectivity index is 1.83. The van der Waals surface area contributed by atoms with Crippen molar-refractivity contribution in [2.24, 2.45) is 0 Å². The van der Waals surface area contributed by atoms with E-state index in [-0.39, 0.29) is 5.78 Å². The SMILES string of the molecule is CC1=Cc2ccccc2[C@]12C(=O)c1ccccc1[C@@]2(O)Cc1ccccc1. The fraction of sp³-hybridized carbons (Fsp3) is 0.160. The van der Waals surface area contributed by atoms with Gasteiger partial charge in [-0.15, -0.1) is 0 Å². The minimum Gasteiger partial charge on any atom is -0.383 e. The van der Waals surface area contributed by atoms with Crippen molar-refractivity contribution >= 4 is 11.9 Å². The number of benzene rings is 3. The molecule has 0 aliphatic heterocycles. The van der Waals surface area contributed by atoms with Crippen molar-refractivity contribution in [1.82, 2.24) is 0 Å². The molecule has 0 radical (unpaired) electrons. The Morgan fingerprint density at radius 2 is 1.44 bits per heavy atom. The highest BCUT2D eigenvalue weighted by molar-refractivity contribution is 6.14. The molecule has 1 spiro atoms. The topological polar surface area (TPSA) is 37.3 Å². The lowest BCUT2D eigenvalue weighted by molar-refractivity contribution is -0.00998. The zero-order valence-corrected chi connectivity index (χ0v) is 15.1. The summed E-state index contributed by atoms with van der Waals surface area (Å²) in [5.74, 6) is -0.00442. The molecule has 2 heteroatoms. The van der Waals surface area contributed by atoms with E-state index in [1.165, 1.54) is 0 Å². The minimum absolute atomic E-state index is 0.00442. The Morgan fingerprint density at radius 3 is 2.22 bits per heavy atom. The second kappa shape index (κ2) is 5.51. The summed E-state index contributed by atoms with van der Waals surface area (Å²) in [6, 6.07) is 25.4. The Morgan fingerprint density at radius 1 is 0.815 bits per heavy atom. The predicted molar refractivity (Wildman–Crippen MR) is 107 cm³/mol. The number of fused-ring (bicyclic) bond motifs is 3. The molecule has 132 valence electrons. The highest BCUT2D eigenvalue weighted by Crippen LogP contribution is 2.60. The summed E-state index contributed by atoms with van der Waals surface area (Å²) in [6.07, 6.45) is 2.44. The van der Waals surface area contributed by atoms with Crippen molar-refractivity contribution in [1.29, 1.82) is 0 Å². The van der Waals surface area contributed by atoms with Gasteiger partial charge in [-0.3, -0.25) is 4.79 Å². The lowest BCUT2D eigenvalue weighted by Gasteiger charge is -2.41. The number of hydrogen-bond acceptors (Lipinski definition) is 2. The van der Waals surface area contributed by atoms with Crippen molar-refractivity contribution in [2.45, 2.75) is 24.4 Å². The fourth-order valence-corrected chi connectivity index (χ4v) is 5.12. The molecule has 0 saturated carbocycles. The molecule has 27 heavy (non-hydrogen) atoms. The lowest BCUT2D eigenvalue weighted by atomic mass is 9.63. The monoisotopic (exact) mass is 352 g/mol. The third kappa shape index (κ3) is 1.91. The first-order chi connectivity index (χ1) is 13.1. The largest absolute Gasteiger partial charge is 0.383 e. The van der Waals surface area contributed by atoms with Crippen LogP contribution < -0.4 is 0 Å². The number of aliphatic hydroxyl groups is 1. The maximum Gasteiger partial charge on any atom is 0.181 e. The molecule has 0 heterocycles. The Kier molecular flexibility index (Phi) is 3.31. The van der Waals surface area contributed by atoms with E-state index in [0.29, 0.717) is 12.0 Å². The first kappa shape index (κ1) is 16.2. The second-order valence-electron chi connectivity index (χ2n) is 7.56. The highest BCUT2D eigenvalue weighted by Gasteiger charge is 2.66. The van der Waals surface area contributed by atoms with Crippen LogP contribution in [0, 0.1) is 0 Å². The fourth-order valence-electron chi connectivity index (χ4n) is 5.12. The van der Waals surface area contributed by atoms with E-state index < -0.39 is 11.0 Å². The Bertz CT molecular complexity index is 1100. The van der Waals surface area contributed by atoms with E-state index in [9.17, 15) is 9.90 Å². The van der Waals surface area contributed by atoms with Gasteiger partial charge in [-0.2, -0.15) is 0 Å². The molecule has 0 saturated heterocycles. The summed E-state index contributed by atoms with van der Waals surface area (Å²) >= 11 is 0. The van der Waals surface area contributed by atoms with Crippen molar-refractivity contribution in [2.75, 3.05) is 0 Å². The third-order valence-electron chi connectivity index (χ3n) is 6.21. The average Bonchev–Trinajstić information content (AvgIpc) is 3.10. The summed E-state index contributed by atoms with van der Waals surface area (Å²) in [7, 11) is 0. The number of carbonyl (C=O) groups is 1. The Hall–Kier alpha value is -2.97. The van der Waals surface area contributed by atoms with Crippen molar-refractivity contribution in [3.8, 4) is 0 Å². The quantitative estimate of drug-likeness (QED) is 0.728. The summed E-state index contributed by atoms with van der Waals surface area (Å²) in [5.41, 5.74) is 2.80. The summed E-state index contributed by atoms with van der Waals surface area (Å²) in [4.78, 5) is 13.8. The zero-order chi connectivity index (χ0) is 18.6. The number of Topliss-reactive ketones (excluding diaryl/α,β-unsaturated/α-hetero) is 1. The van der Waals surface area contributed by atoms with Gasteiger partial charge in [0.15, 0.2) is 5.78 Å². The van der Waals surface area contributed by atoms with Crippen LogP contribution in [0.4, 0.5) is 0 Å². The predicted octanol–water partition coefficient (Wildman–Crippen LogP) is 4.67. The van der Waals surface area contributed by atoms with Gasteiger partial charge in [0.1, 0.15) is 11.0 Å². The van der Waals surface area contributed by atoms with E-state index in [4.69, 9.17) is 0 Å². The zero-order valence-electron chi connectivity index (χ0n) is 15.1. The van der Waals surface area contributed by atoms with Gasteiger partial charge in [-0.05, 0) is 29.2 Å². The van der Waals surface area contributed by atoms with Crippen molar-refractivity contribution < 1.29 is 9.90 Å². The van der Waals surface area contributed by atoms with E-state index in [1.54, 1.807) is 0 Å². The molecule has 5 rings (SSSR count). The molecule has 0 unspecified atom stereocenters. The summed E-state index contributed by atoms with van der Waals surface area (Å²) < 4.78 is 0. The molecular weight excluding hydrogens is 332 g/mol. The van der Waals surface area contributed by atoms with Crippen molar-refractivity contribution in [3.05, 3.63) is 112 Å². The number of hydrogen-bond donors (Lipinski definition) is 1. The van der Waals surface area contributed by atoms with Gasteiger partial charge >= 0.3 is 0 Å². The van der Waals surface area contributed by atoms with Crippen LogP contribution in [0.2, 0.25) is 0 Å². The first-order valence-electron chi connectivity index (χ1n) is 9.28. The van der Waals surface area contributed by atoms with Gasteiger partial charge in [-0.25, -0.2) is 0 Å². The van der Waals surface area contributed by atoms with E-state index >= 15 is 0 Å². The standard InChI is InChI=1S/C25H20O2/c1-17-15-19-11-5-7-13-21(19)25(17)23(26)20-12-6-8-14-22(20)24(25,27)16-18-9-3-2-4-10-18/h2-15,27H,16H2,1H3/t24-,25-/m0/s1. The average molecular weight is 352 g/mol. The van der Waals surface area contributed by atoms with Gasteiger partial charge in [-0.1, -0.05) is 90.5 Å². The molecule has 0 amide bonds. The van der Waals surface area contributed by atoms with Gasteiger partial charge in [0.05, 0.1) is 0 Å². The maximum absolute atomic E-state index is 13.8. The molecule has 0 bridgehead atoms. The van der Waals surface area contributed by atoms with Gasteiger partial charge in [0, 0.05) is 12.0 Å². The van der Waals surface area contributed by atoms with Gasteiger partial charge in [0.25, 0.3) is 0 Å². The summed E-state index contributed by atoms with van der Waals surface area (Å²) in [6.45, 7) is 1.97. The second-order valence-corrected chi connectivity index (χ2v) is 7.56. The van der Waals surface area contributed by atoms with Crippen LogP contribution in [-0.2, 0) is 17.4 Å². The van der Waals surface area contributed by atoms with E-state index in [2.05, 4.69) is 6.08 Å². The number of rotatable bonds is 2. The summed E-state index contributed by atoms with van der Waals surface area (Å²) in [5, 5.41) is 12.3. The van der Waals surface area contributed by atoms with Crippen LogP contribution in [0.25, 0.3) is 6.08 Å². The van der Waals surface area contributed by atoms with Gasteiger partial charge < -0.3 is 5.11 Å². The van der Waals surface area contributed by atoms with Crippen LogP contribution in [0.3, 0.4) is 0 Å². The first-order valence-corrected chi connectivity index (χ1v) is 9.28. The molecule has 1 N–H and O–H groups in total. The van der Waals surface area contributed by atoms with E-state index in [1.807, 2.05) is 85.8 Å². The van der Waals surface area contributed by atoms with Crippen LogP contribution in [0.15, 0.2) is 84.4 Å². The number of ketones is 1. The molecule has 3 aromatic rings. The third-order valence-corrected chi connectivity index (χ3v) is 6.21. The van der Waals surface area contributed by atoms with Crippen LogP contribution in [0.5, 0.6) is 0 Å². The highest BCUT2D eigenvalue weighted by atomic mass is 16.3. The van der Waals surface area contributed by atoms with Crippen LogP contribution >= 0.6 is 0 Å². The smallest absolute Gasteiger partial charge is 0.181 e. The molecule has 3 aromatic carbocycles. The van der Waals surface area contributed by atoms with E-state index in [0.717, 1.165) is 27.8 Å². The van der Waals surface area contributed by atoms with Crippen LogP contribution in [-0.4, -0.2) is 10.9 Å². The van der Waals surface area contributed by atoms with Crippen molar-refractivity contribution in [3.63, 3.8) is 0 Å². The van der Waals surface area contributed by atoms with Gasteiger partial charge in [0.2, 0.25) is 0 Å². The molecule has 2 aliphatic rings. The molecule has 0 aromatic heterocycles. The molecular formula is C25H20O2. The maximum atomic E-state index is 13.8. The normalized spacial score (nSPS) is 25.4. The number of carbonyl (C=O) groups excluding carboxylic acids is 1. The Labute approximate surface area is 158 Å². The molecule has 2 atom stereocenters. The molecule has 2 nitrogen and oxygen atoms in total.